The molecule has 0 aromatic heterocycles. The van der Waals surface area contributed by atoms with Gasteiger partial charge in [0.1, 0.15) is 0 Å². The quantitative estimate of drug-likeness (QED) is 0.679. The molecule has 5 heteroatoms. The number of carbonyl (C=O) groups excluding carboxylic acids is 2. The summed E-state index contributed by atoms with van der Waals surface area (Å²) in [6.07, 6.45) is 6.37. The summed E-state index contributed by atoms with van der Waals surface area (Å²) in [7, 11) is 2.22. The number of amides is 2. The first-order chi connectivity index (χ1) is 8.63. The third kappa shape index (κ3) is 2.17. The molecule has 3 aliphatic rings. The van der Waals surface area contributed by atoms with E-state index in [-0.39, 0.29) is 17.9 Å². The van der Waals surface area contributed by atoms with E-state index in [0.717, 1.165) is 12.8 Å². The number of carbonyl (C=O) groups is 2. The van der Waals surface area contributed by atoms with Gasteiger partial charge in [0.2, 0.25) is 11.8 Å². The standard InChI is InChI=1S/C13H21N3O2/c1-16-9-3-2-4-10(16)6-8(5-9)14-11-7-12(17)15-13(11)18/h8-11,14H,2-7H2,1H3,(H,15,17,18). The van der Waals surface area contributed by atoms with Crippen molar-refractivity contribution in [1.29, 1.82) is 0 Å². The van der Waals surface area contributed by atoms with E-state index in [1.807, 2.05) is 0 Å². The highest BCUT2D eigenvalue weighted by atomic mass is 16.2. The molecule has 2 N–H and O–H groups in total. The topological polar surface area (TPSA) is 61.4 Å². The number of hydrogen-bond donors (Lipinski definition) is 2. The van der Waals surface area contributed by atoms with Gasteiger partial charge in [-0.05, 0) is 32.7 Å². The van der Waals surface area contributed by atoms with Gasteiger partial charge in [-0.1, -0.05) is 6.42 Å². The highest BCUT2D eigenvalue weighted by Gasteiger charge is 2.39. The molecule has 0 radical (unpaired) electrons. The van der Waals surface area contributed by atoms with Gasteiger partial charge in [0.25, 0.3) is 0 Å². The summed E-state index contributed by atoms with van der Waals surface area (Å²) in [5.41, 5.74) is 0. The lowest BCUT2D eigenvalue weighted by Gasteiger charge is -2.47. The van der Waals surface area contributed by atoms with Crippen LogP contribution in [0.4, 0.5) is 0 Å². The molecule has 0 saturated carbocycles. The molecule has 3 heterocycles. The van der Waals surface area contributed by atoms with Crippen LogP contribution in [0.25, 0.3) is 0 Å². The maximum atomic E-state index is 11.6. The summed E-state index contributed by atoms with van der Waals surface area (Å²) in [5, 5.41) is 5.75. The van der Waals surface area contributed by atoms with Gasteiger partial charge < -0.3 is 10.2 Å². The first kappa shape index (κ1) is 12.1. The lowest BCUT2D eigenvalue weighted by atomic mass is 9.82. The van der Waals surface area contributed by atoms with Crippen LogP contribution in [-0.2, 0) is 9.59 Å². The molecule has 5 nitrogen and oxygen atoms in total. The number of piperidine rings is 2. The zero-order chi connectivity index (χ0) is 12.7. The van der Waals surface area contributed by atoms with Crippen LogP contribution >= 0.6 is 0 Å². The summed E-state index contributed by atoms with van der Waals surface area (Å²) in [5.74, 6) is -0.297. The minimum absolute atomic E-state index is 0.148. The van der Waals surface area contributed by atoms with Gasteiger partial charge in [0, 0.05) is 18.1 Å². The van der Waals surface area contributed by atoms with Gasteiger partial charge in [-0.15, -0.1) is 0 Å². The van der Waals surface area contributed by atoms with Crippen molar-refractivity contribution < 1.29 is 9.59 Å². The Balaban J connectivity index is 1.61. The Morgan fingerprint density at radius 3 is 2.44 bits per heavy atom. The van der Waals surface area contributed by atoms with Crippen molar-refractivity contribution in [2.45, 2.75) is 62.7 Å². The van der Waals surface area contributed by atoms with Gasteiger partial charge in [-0.25, -0.2) is 0 Å². The average molecular weight is 251 g/mol. The Morgan fingerprint density at radius 1 is 1.22 bits per heavy atom. The zero-order valence-corrected chi connectivity index (χ0v) is 10.8. The second kappa shape index (κ2) is 4.63. The maximum Gasteiger partial charge on any atom is 0.244 e. The molecule has 3 saturated heterocycles. The van der Waals surface area contributed by atoms with Gasteiger partial charge >= 0.3 is 0 Å². The normalized spacial score (nSPS) is 40.9. The van der Waals surface area contributed by atoms with Crippen molar-refractivity contribution in [1.82, 2.24) is 15.5 Å². The molecule has 3 atom stereocenters. The fourth-order valence-electron chi connectivity index (χ4n) is 3.72. The summed E-state index contributed by atoms with van der Waals surface area (Å²) in [6.45, 7) is 0. The third-order valence-electron chi connectivity index (χ3n) is 4.75. The predicted molar refractivity (Wildman–Crippen MR) is 66.9 cm³/mol. The highest BCUT2D eigenvalue weighted by Crippen LogP contribution is 2.32. The van der Waals surface area contributed by atoms with E-state index in [9.17, 15) is 9.59 Å². The molecule has 0 aromatic carbocycles. The van der Waals surface area contributed by atoms with E-state index in [1.54, 1.807) is 0 Å². The van der Waals surface area contributed by atoms with Gasteiger partial charge in [-0.3, -0.25) is 14.9 Å². The van der Waals surface area contributed by atoms with Gasteiger partial charge in [0.05, 0.1) is 12.5 Å². The number of hydrogen-bond acceptors (Lipinski definition) is 4. The first-order valence-electron chi connectivity index (χ1n) is 6.95. The summed E-state index contributed by atoms with van der Waals surface area (Å²) in [6, 6.07) is 1.38. The first-order valence-corrected chi connectivity index (χ1v) is 6.95. The average Bonchev–Trinajstić information content (AvgIpc) is 2.59. The number of nitrogens with one attached hydrogen (secondary N) is 2. The number of rotatable bonds is 2. The molecule has 0 aliphatic carbocycles. The van der Waals surface area contributed by atoms with Crippen LogP contribution in [0, 0.1) is 0 Å². The van der Waals surface area contributed by atoms with E-state index in [0.29, 0.717) is 24.5 Å². The molecule has 100 valence electrons. The molecular weight excluding hydrogens is 230 g/mol. The van der Waals surface area contributed by atoms with Crippen LogP contribution in [0.15, 0.2) is 0 Å². The van der Waals surface area contributed by atoms with Crippen LogP contribution in [0.3, 0.4) is 0 Å². The fraction of sp³-hybridized carbons (Fsp3) is 0.846. The maximum absolute atomic E-state index is 11.6. The molecule has 0 aromatic rings. The monoisotopic (exact) mass is 251 g/mol. The number of nitrogens with zero attached hydrogens (tertiary/aromatic N) is 1. The van der Waals surface area contributed by atoms with Crippen LogP contribution in [0.2, 0.25) is 0 Å². The molecule has 2 bridgehead atoms. The molecule has 18 heavy (non-hydrogen) atoms. The smallest absolute Gasteiger partial charge is 0.244 e. The van der Waals surface area contributed by atoms with Crippen molar-refractivity contribution in [3.8, 4) is 0 Å². The van der Waals surface area contributed by atoms with Crippen LogP contribution in [0.1, 0.15) is 38.5 Å². The molecular formula is C13H21N3O2. The van der Waals surface area contributed by atoms with Crippen molar-refractivity contribution in [2.75, 3.05) is 7.05 Å². The Bertz CT molecular complexity index is 357. The Kier molecular flexibility index (Phi) is 3.11. The Labute approximate surface area is 107 Å². The fourth-order valence-corrected chi connectivity index (χ4v) is 3.72. The van der Waals surface area contributed by atoms with Gasteiger partial charge in [0.15, 0.2) is 0 Å². The van der Waals surface area contributed by atoms with Crippen LogP contribution < -0.4 is 10.6 Å². The Hall–Kier alpha value is -0.940. The van der Waals surface area contributed by atoms with E-state index >= 15 is 0 Å². The van der Waals surface area contributed by atoms with Crippen LogP contribution in [-0.4, -0.2) is 47.9 Å². The van der Waals surface area contributed by atoms with Crippen LogP contribution in [0.5, 0.6) is 0 Å². The molecule has 0 spiro atoms. The Morgan fingerprint density at radius 2 is 1.89 bits per heavy atom. The minimum atomic E-state index is -0.299. The lowest BCUT2D eigenvalue weighted by molar-refractivity contribution is -0.125. The minimum Gasteiger partial charge on any atom is -0.303 e. The SMILES string of the molecule is CN1C2CCCC1CC(NC1CC(=O)NC1=O)C2. The van der Waals surface area contributed by atoms with Crippen molar-refractivity contribution >= 4 is 11.8 Å². The molecule has 3 fully saturated rings. The summed E-state index contributed by atoms with van der Waals surface area (Å²) in [4.78, 5) is 25.2. The summed E-state index contributed by atoms with van der Waals surface area (Å²) < 4.78 is 0. The van der Waals surface area contributed by atoms with E-state index in [4.69, 9.17) is 0 Å². The molecule has 2 amide bonds. The second-order valence-corrected chi connectivity index (χ2v) is 5.91. The molecule has 3 unspecified atom stereocenters. The second-order valence-electron chi connectivity index (χ2n) is 5.91. The molecule has 3 rings (SSSR count). The third-order valence-corrected chi connectivity index (χ3v) is 4.75. The number of fused-ring (bicyclic) bond motifs is 2. The zero-order valence-electron chi connectivity index (χ0n) is 10.8. The van der Waals surface area contributed by atoms with Crippen molar-refractivity contribution in [3.63, 3.8) is 0 Å². The van der Waals surface area contributed by atoms with Gasteiger partial charge in [-0.2, -0.15) is 0 Å². The van der Waals surface area contributed by atoms with Crippen molar-refractivity contribution in [3.05, 3.63) is 0 Å². The largest absolute Gasteiger partial charge is 0.303 e. The predicted octanol–water partition coefficient (Wildman–Crippen LogP) is 0.00640. The van der Waals surface area contributed by atoms with E-state index in [1.165, 1.54) is 19.3 Å². The van der Waals surface area contributed by atoms with E-state index < -0.39 is 0 Å². The number of imide groups is 1. The lowest BCUT2D eigenvalue weighted by Crippen LogP contribution is -2.56. The summed E-state index contributed by atoms with van der Waals surface area (Å²) >= 11 is 0. The molecule has 3 aliphatic heterocycles. The highest BCUT2D eigenvalue weighted by molar-refractivity contribution is 6.05. The van der Waals surface area contributed by atoms with E-state index in [2.05, 4.69) is 22.6 Å². The van der Waals surface area contributed by atoms with Crippen molar-refractivity contribution in [2.24, 2.45) is 0 Å².